The van der Waals surface area contributed by atoms with Crippen LogP contribution in [0.15, 0.2) is 0 Å². The highest BCUT2D eigenvalue weighted by atomic mass is 32.2. The Morgan fingerprint density at radius 2 is 2.27 bits per heavy atom. The molecule has 2 N–H and O–H groups in total. The van der Waals surface area contributed by atoms with Crippen LogP contribution in [0.1, 0.15) is 33.6 Å². The molecule has 1 heterocycles. The second kappa shape index (κ2) is 4.74. The van der Waals surface area contributed by atoms with Crippen LogP contribution in [0.2, 0.25) is 0 Å². The van der Waals surface area contributed by atoms with E-state index in [0.717, 1.165) is 24.3 Å². The topological polar surface area (TPSA) is 49.3 Å². The van der Waals surface area contributed by atoms with Gasteiger partial charge in [-0.25, -0.2) is 0 Å². The predicted octanol–water partition coefficient (Wildman–Crippen LogP) is 1.41. The summed E-state index contributed by atoms with van der Waals surface area (Å²) in [4.78, 5) is 11.8. The fourth-order valence-electron chi connectivity index (χ4n) is 1.38. The molecule has 0 aromatic rings. The van der Waals surface area contributed by atoms with Crippen molar-refractivity contribution in [3.05, 3.63) is 0 Å². The first-order valence-electron chi connectivity index (χ1n) is 5.48. The Morgan fingerprint density at radius 3 is 2.73 bits per heavy atom. The molecular formula is C11H21NO2S. The Bertz CT molecular complexity index is 235. The summed E-state index contributed by atoms with van der Waals surface area (Å²) in [5.41, 5.74) is -1.01. The molecule has 1 saturated heterocycles. The second-order valence-corrected chi connectivity index (χ2v) is 6.05. The second-order valence-electron chi connectivity index (χ2n) is 4.95. The van der Waals surface area contributed by atoms with E-state index in [2.05, 4.69) is 5.32 Å². The summed E-state index contributed by atoms with van der Waals surface area (Å²) in [5.74, 6) is 1.76. The van der Waals surface area contributed by atoms with Crippen molar-refractivity contribution >= 4 is 17.7 Å². The van der Waals surface area contributed by atoms with Gasteiger partial charge in [0, 0.05) is 17.7 Å². The maximum absolute atomic E-state index is 11.8. The lowest BCUT2D eigenvalue weighted by Gasteiger charge is -2.26. The van der Waals surface area contributed by atoms with Crippen LogP contribution in [0.25, 0.3) is 0 Å². The van der Waals surface area contributed by atoms with Gasteiger partial charge in [0.15, 0.2) is 0 Å². The molecule has 0 aromatic heterocycles. The van der Waals surface area contributed by atoms with Crippen molar-refractivity contribution in [3.8, 4) is 0 Å². The van der Waals surface area contributed by atoms with Crippen molar-refractivity contribution < 1.29 is 9.90 Å². The minimum Gasteiger partial charge on any atom is -0.387 e. The molecule has 0 radical (unpaired) electrons. The van der Waals surface area contributed by atoms with Gasteiger partial charge in [0.05, 0.1) is 5.60 Å². The molecule has 1 atom stereocenters. The fourth-order valence-corrected chi connectivity index (χ4v) is 2.68. The van der Waals surface area contributed by atoms with Gasteiger partial charge in [-0.15, -0.1) is 0 Å². The summed E-state index contributed by atoms with van der Waals surface area (Å²) in [6, 6.07) is 0. The molecule has 3 nitrogen and oxygen atoms in total. The van der Waals surface area contributed by atoms with Crippen LogP contribution >= 0.6 is 11.8 Å². The lowest BCUT2D eigenvalue weighted by Crippen LogP contribution is -2.46. The summed E-state index contributed by atoms with van der Waals surface area (Å²) in [6.45, 7) is 6.24. The van der Waals surface area contributed by atoms with Gasteiger partial charge < -0.3 is 10.4 Å². The average molecular weight is 231 g/mol. The SMILES string of the molecule is CCC(C)(C)C(=O)NCC1(O)CCSC1. The molecule has 0 bridgehead atoms. The lowest BCUT2D eigenvalue weighted by atomic mass is 9.89. The zero-order valence-electron chi connectivity index (χ0n) is 9.80. The van der Waals surface area contributed by atoms with Crippen molar-refractivity contribution in [2.75, 3.05) is 18.1 Å². The van der Waals surface area contributed by atoms with E-state index in [1.807, 2.05) is 20.8 Å². The third kappa shape index (κ3) is 3.38. The Balaban J connectivity index is 2.40. The van der Waals surface area contributed by atoms with E-state index in [4.69, 9.17) is 0 Å². The maximum atomic E-state index is 11.8. The van der Waals surface area contributed by atoms with E-state index >= 15 is 0 Å². The number of rotatable bonds is 4. The molecule has 0 saturated carbocycles. The molecule has 1 amide bonds. The first kappa shape index (κ1) is 12.8. The zero-order chi connectivity index (χ0) is 11.5. The molecule has 1 rings (SSSR count). The van der Waals surface area contributed by atoms with E-state index in [1.165, 1.54) is 0 Å². The molecule has 0 spiro atoms. The first-order valence-corrected chi connectivity index (χ1v) is 6.63. The molecule has 1 unspecified atom stereocenters. The fraction of sp³-hybridized carbons (Fsp3) is 0.909. The summed E-state index contributed by atoms with van der Waals surface area (Å²) < 4.78 is 0. The number of nitrogens with one attached hydrogen (secondary N) is 1. The van der Waals surface area contributed by atoms with Gasteiger partial charge in [-0.3, -0.25) is 4.79 Å². The number of hydrogen-bond acceptors (Lipinski definition) is 3. The normalized spacial score (nSPS) is 26.7. The Hall–Kier alpha value is -0.220. The highest BCUT2D eigenvalue weighted by Crippen LogP contribution is 2.27. The highest BCUT2D eigenvalue weighted by Gasteiger charge is 2.34. The lowest BCUT2D eigenvalue weighted by molar-refractivity contribution is -0.130. The van der Waals surface area contributed by atoms with Crippen LogP contribution in [0.3, 0.4) is 0 Å². The Labute approximate surface area is 96.0 Å². The molecule has 15 heavy (non-hydrogen) atoms. The molecule has 0 aromatic carbocycles. The molecule has 4 heteroatoms. The Kier molecular flexibility index (Phi) is 4.06. The van der Waals surface area contributed by atoms with E-state index in [0.29, 0.717) is 6.54 Å². The van der Waals surface area contributed by atoms with E-state index in [1.54, 1.807) is 11.8 Å². The number of thioether (sulfide) groups is 1. The molecule has 1 aliphatic rings. The summed E-state index contributed by atoms with van der Waals surface area (Å²) >= 11 is 1.74. The van der Waals surface area contributed by atoms with Crippen molar-refractivity contribution in [3.63, 3.8) is 0 Å². The average Bonchev–Trinajstić information content (AvgIpc) is 2.62. The molecule has 0 aliphatic carbocycles. The predicted molar refractivity (Wildman–Crippen MR) is 64.0 cm³/mol. The zero-order valence-corrected chi connectivity index (χ0v) is 10.6. The van der Waals surface area contributed by atoms with Gasteiger partial charge in [-0.1, -0.05) is 20.8 Å². The minimum absolute atomic E-state index is 0.0373. The standard InChI is InChI=1S/C11H21NO2S/c1-4-10(2,3)9(13)12-7-11(14)5-6-15-8-11/h14H,4-8H2,1-3H3,(H,12,13). The van der Waals surface area contributed by atoms with E-state index in [9.17, 15) is 9.90 Å². The summed E-state index contributed by atoms with van der Waals surface area (Å²) in [6.07, 6.45) is 1.59. The summed E-state index contributed by atoms with van der Waals surface area (Å²) in [5, 5.41) is 12.9. The van der Waals surface area contributed by atoms with Gasteiger partial charge in [0.2, 0.25) is 5.91 Å². The van der Waals surface area contributed by atoms with Gasteiger partial charge in [-0.2, -0.15) is 11.8 Å². The Morgan fingerprint density at radius 1 is 1.60 bits per heavy atom. The molecule has 88 valence electrons. The number of amides is 1. The van der Waals surface area contributed by atoms with Crippen LogP contribution < -0.4 is 5.32 Å². The highest BCUT2D eigenvalue weighted by molar-refractivity contribution is 7.99. The quantitative estimate of drug-likeness (QED) is 0.769. The van der Waals surface area contributed by atoms with Crippen LogP contribution in [0.5, 0.6) is 0 Å². The smallest absolute Gasteiger partial charge is 0.225 e. The monoisotopic (exact) mass is 231 g/mol. The van der Waals surface area contributed by atoms with E-state index < -0.39 is 5.60 Å². The van der Waals surface area contributed by atoms with Crippen LogP contribution in [-0.2, 0) is 4.79 Å². The largest absolute Gasteiger partial charge is 0.387 e. The molecule has 1 aliphatic heterocycles. The van der Waals surface area contributed by atoms with Crippen LogP contribution in [0, 0.1) is 5.41 Å². The number of carbonyl (C=O) groups is 1. The molecule has 1 fully saturated rings. The first-order chi connectivity index (χ1) is 6.90. The minimum atomic E-state index is -0.676. The van der Waals surface area contributed by atoms with Crippen LogP contribution in [-0.4, -0.2) is 34.7 Å². The third-order valence-corrected chi connectivity index (χ3v) is 4.39. The van der Waals surface area contributed by atoms with Crippen LogP contribution in [0.4, 0.5) is 0 Å². The van der Waals surface area contributed by atoms with Gasteiger partial charge in [0.1, 0.15) is 0 Å². The van der Waals surface area contributed by atoms with Gasteiger partial charge in [-0.05, 0) is 18.6 Å². The number of carbonyl (C=O) groups excluding carboxylic acids is 1. The number of hydrogen-bond donors (Lipinski definition) is 2. The number of aliphatic hydroxyl groups is 1. The maximum Gasteiger partial charge on any atom is 0.225 e. The molecular weight excluding hydrogens is 210 g/mol. The van der Waals surface area contributed by atoms with E-state index in [-0.39, 0.29) is 11.3 Å². The van der Waals surface area contributed by atoms with Gasteiger partial charge >= 0.3 is 0 Å². The van der Waals surface area contributed by atoms with Crippen molar-refractivity contribution in [1.82, 2.24) is 5.32 Å². The van der Waals surface area contributed by atoms with Crippen molar-refractivity contribution in [2.24, 2.45) is 5.41 Å². The van der Waals surface area contributed by atoms with Gasteiger partial charge in [0.25, 0.3) is 0 Å². The third-order valence-electron chi connectivity index (χ3n) is 3.16. The van der Waals surface area contributed by atoms with Crippen molar-refractivity contribution in [2.45, 2.75) is 39.2 Å². The summed E-state index contributed by atoms with van der Waals surface area (Å²) in [7, 11) is 0. The van der Waals surface area contributed by atoms with Crippen molar-refractivity contribution in [1.29, 1.82) is 0 Å².